The van der Waals surface area contributed by atoms with E-state index in [-0.39, 0.29) is 18.6 Å². The molecule has 0 bridgehead atoms. The van der Waals surface area contributed by atoms with Gasteiger partial charge in [-0.3, -0.25) is 19.2 Å². The molecule has 11 nitrogen and oxygen atoms in total. The van der Waals surface area contributed by atoms with Crippen LogP contribution in [0.1, 0.15) is 25.3 Å². The van der Waals surface area contributed by atoms with Crippen LogP contribution in [0.15, 0.2) is 30.3 Å². The van der Waals surface area contributed by atoms with Crippen LogP contribution in [0.4, 0.5) is 0 Å². The summed E-state index contributed by atoms with van der Waals surface area (Å²) in [6.07, 6.45) is -0.500. The van der Waals surface area contributed by atoms with E-state index in [2.05, 4.69) is 28.6 Å². The Morgan fingerprint density at radius 3 is 2.06 bits per heavy atom. The van der Waals surface area contributed by atoms with E-state index >= 15 is 0 Å². The first kappa shape index (κ1) is 26.9. The minimum absolute atomic E-state index is 0.0691. The molecule has 3 amide bonds. The van der Waals surface area contributed by atoms with Crippen LogP contribution >= 0.6 is 12.6 Å². The maximum atomic E-state index is 12.5. The second-order valence-electron chi connectivity index (χ2n) is 7.10. The Labute approximate surface area is 190 Å². The monoisotopic (exact) mass is 468 g/mol. The third kappa shape index (κ3) is 9.35. The number of carboxylic acid groups (broad SMARTS) is 2. The summed E-state index contributed by atoms with van der Waals surface area (Å²) in [6, 6.07) is 4.54. The van der Waals surface area contributed by atoms with Crippen molar-refractivity contribution in [2.45, 2.75) is 50.4 Å². The molecule has 0 aliphatic rings. The van der Waals surface area contributed by atoms with Gasteiger partial charge < -0.3 is 31.9 Å². The first-order valence-electron chi connectivity index (χ1n) is 9.81. The topological polar surface area (TPSA) is 188 Å². The Hall–Kier alpha value is -3.12. The average molecular weight is 469 g/mol. The lowest BCUT2D eigenvalue weighted by Crippen LogP contribution is -2.57. The molecule has 0 saturated carbocycles. The number of carbonyl (C=O) groups is 5. The fraction of sp³-hybridized carbons (Fsp3) is 0.450. The Morgan fingerprint density at radius 2 is 1.53 bits per heavy atom. The van der Waals surface area contributed by atoms with Gasteiger partial charge in [0, 0.05) is 12.2 Å². The minimum atomic E-state index is -1.42. The quantitative estimate of drug-likeness (QED) is 0.178. The van der Waals surface area contributed by atoms with Gasteiger partial charge in [0.05, 0.1) is 6.04 Å². The van der Waals surface area contributed by atoms with Crippen molar-refractivity contribution in [3.05, 3.63) is 35.9 Å². The van der Waals surface area contributed by atoms with Gasteiger partial charge in [0.15, 0.2) is 0 Å². The second-order valence-corrected chi connectivity index (χ2v) is 7.47. The van der Waals surface area contributed by atoms with E-state index in [9.17, 15) is 24.0 Å². The van der Waals surface area contributed by atoms with Gasteiger partial charge >= 0.3 is 11.9 Å². The molecule has 0 radical (unpaired) electrons. The van der Waals surface area contributed by atoms with Gasteiger partial charge in [-0.05, 0) is 25.3 Å². The van der Waals surface area contributed by atoms with E-state index < -0.39 is 60.2 Å². The molecule has 0 heterocycles. The van der Waals surface area contributed by atoms with Gasteiger partial charge in [0.1, 0.15) is 18.1 Å². The zero-order valence-electron chi connectivity index (χ0n) is 17.5. The van der Waals surface area contributed by atoms with E-state index in [1.54, 1.807) is 0 Å². The predicted octanol–water partition coefficient (Wildman–Crippen LogP) is -1.09. The summed E-state index contributed by atoms with van der Waals surface area (Å²) in [7, 11) is 0. The van der Waals surface area contributed by atoms with Crippen LogP contribution in [-0.4, -0.2) is 69.8 Å². The van der Waals surface area contributed by atoms with E-state index in [0.29, 0.717) is 0 Å². The van der Waals surface area contributed by atoms with E-state index in [4.69, 9.17) is 15.9 Å². The fourth-order valence-electron chi connectivity index (χ4n) is 2.64. The number of carboxylic acids is 2. The summed E-state index contributed by atoms with van der Waals surface area (Å²) in [5.74, 6) is -4.77. The van der Waals surface area contributed by atoms with Gasteiger partial charge in [-0.1, -0.05) is 30.3 Å². The Bertz CT molecular complexity index is 821. The van der Waals surface area contributed by atoms with Gasteiger partial charge in [-0.15, -0.1) is 0 Å². The van der Waals surface area contributed by atoms with E-state index in [0.717, 1.165) is 5.56 Å². The molecule has 0 spiro atoms. The number of thiol groups is 1. The molecule has 0 aromatic heterocycles. The maximum Gasteiger partial charge on any atom is 0.326 e. The summed E-state index contributed by atoms with van der Waals surface area (Å²) < 4.78 is 0. The number of amides is 3. The van der Waals surface area contributed by atoms with Crippen LogP contribution in [-0.2, 0) is 30.4 Å². The molecule has 7 N–H and O–H groups in total. The second kappa shape index (κ2) is 13.3. The molecule has 1 rings (SSSR count). The molecule has 0 aliphatic heterocycles. The van der Waals surface area contributed by atoms with Crippen LogP contribution in [0, 0.1) is 0 Å². The number of nitrogens with one attached hydrogen (secondary N) is 3. The highest BCUT2D eigenvalue weighted by Gasteiger charge is 2.28. The predicted molar refractivity (Wildman–Crippen MR) is 118 cm³/mol. The summed E-state index contributed by atoms with van der Waals surface area (Å²) in [5, 5.41) is 24.8. The lowest BCUT2D eigenvalue weighted by atomic mass is 10.1. The minimum Gasteiger partial charge on any atom is -0.481 e. The van der Waals surface area contributed by atoms with Gasteiger partial charge in [0.2, 0.25) is 17.7 Å². The molecule has 176 valence electrons. The standard InChI is InChI=1S/C20H28N4O7S/c1-11(17(27)23-14(20(30)31)7-8-16(25)26)22-19(29)15(10-32)24-18(28)13(21)9-12-5-3-2-4-6-12/h2-6,11,13-15,32H,7-10,21H2,1H3,(H,22,29)(H,23,27)(H,24,28)(H,25,26)(H,30,31). The van der Waals surface area contributed by atoms with Gasteiger partial charge in [0.25, 0.3) is 0 Å². The van der Waals surface area contributed by atoms with Gasteiger partial charge in [-0.2, -0.15) is 12.6 Å². The number of aliphatic carboxylic acids is 2. The molecule has 0 fully saturated rings. The SMILES string of the molecule is CC(NC(=O)C(CS)NC(=O)C(N)Cc1ccccc1)C(=O)NC(CCC(=O)O)C(=O)O. The molecule has 0 saturated heterocycles. The van der Waals surface area contributed by atoms with Crippen molar-refractivity contribution in [3.63, 3.8) is 0 Å². The van der Waals surface area contributed by atoms with Crippen molar-refractivity contribution in [3.8, 4) is 0 Å². The largest absolute Gasteiger partial charge is 0.481 e. The number of benzene rings is 1. The molecule has 0 aliphatic carbocycles. The zero-order valence-corrected chi connectivity index (χ0v) is 18.4. The highest BCUT2D eigenvalue weighted by molar-refractivity contribution is 7.80. The van der Waals surface area contributed by atoms with Crippen LogP contribution in [0.2, 0.25) is 0 Å². The number of hydrogen-bond acceptors (Lipinski definition) is 7. The van der Waals surface area contributed by atoms with Crippen molar-refractivity contribution in [2.24, 2.45) is 5.73 Å². The Morgan fingerprint density at radius 1 is 0.938 bits per heavy atom. The molecule has 1 aromatic carbocycles. The number of carbonyl (C=O) groups excluding carboxylic acids is 3. The van der Waals surface area contributed by atoms with Crippen molar-refractivity contribution in [1.29, 1.82) is 0 Å². The third-order valence-electron chi connectivity index (χ3n) is 4.46. The van der Waals surface area contributed by atoms with Crippen molar-refractivity contribution in [1.82, 2.24) is 16.0 Å². The Balaban J connectivity index is 2.62. The molecule has 1 aromatic rings. The molecule has 4 unspecified atom stereocenters. The van der Waals surface area contributed by atoms with E-state index in [1.165, 1.54) is 6.92 Å². The lowest BCUT2D eigenvalue weighted by Gasteiger charge is -2.22. The van der Waals surface area contributed by atoms with Crippen LogP contribution in [0.25, 0.3) is 0 Å². The van der Waals surface area contributed by atoms with Crippen molar-refractivity contribution >= 4 is 42.3 Å². The maximum absolute atomic E-state index is 12.5. The molecular weight excluding hydrogens is 440 g/mol. The molecule has 4 atom stereocenters. The average Bonchev–Trinajstić information content (AvgIpc) is 2.74. The first-order chi connectivity index (χ1) is 15.0. The summed E-state index contributed by atoms with van der Waals surface area (Å²) in [6.45, 7) is 1.32. The zero-order chi connectivity index (χ0) is 24.3. The number of hydrogen-bond donors (Lipinski definition) is 7. The first-order valence-corrected chi connectivity index (χ1v) is 10.4. The Kier molecular flexibility index (Phi) is 11.2. The van der Waals surface area contributed by atoms with Gasteiger partial charge in [-0.25, -0.2) is 4.79 Å². The summed E-state index contributed by atoms with van der Waals surface area (Å²) in [5.41, 5.74) is 6.75. The van der Waals surface area contributed by atoms with Crippen molar-refractivity contribution < 1.29 is 34.2 Å². The smallest absolute Gasteiger partial charge is 0.326 e. The lowest BCUT2D eigenvalue weighted by molar-refractivity contribution is -0.143. The fourth-order valence-corrected chi connectivity index (χ4v) is 2.89. The normalized spacial score (nSPS) is 14.3. The number of nitrogens with two attached hydrogens (primary N) is 1. The van der Waals surface area contributed by atoms with Crippen LogP contribution < -0.4 is 21.7 Å². The number of rotatable bonds is 13. The van der Waals surface area contributed by atoms with Crippen LogP contribution in [0.5, 0.6) is 0 Å². The third-order valence-corrected chi connectivity index (χ3v) is 4.83. The summed E-state index contributed by atoms with van der Waals surface area (Å²) >= 11 is 4.05. The van der Waals surface area contributed by atoms with Crippen molar-refractivity contribution in [2.75, 3.05) is 5.75 Å². The van der Waals surface area contributed by atoms with E-state index in [1.807, 2.05) is 30.3 Å². The molecule has 12 heteroatoms. The highest BCUT2D eigenvalue weighted by atomic mass is 32.1. The summed E-state index contributed by atoms with van der Waals surface area (Å²) in [4.78, 5) is 58.8. The highest BCUT2D eigenvalue weighted by Crippen LogP contribution is 2.03. The molecular formula is C20H28N4O7S. The van der Waals surface area contributed by atoms with Crippen LogP contribution in [0.3, 0.4) is 0 Å². The molecule has 32 heavy (non-hydrogen) atoms.